The fourth-order valence-electron chi connectivity index (χ4n) is 0.866. The van der Waals surface area contributed by atoms with E-state index in [1.54, 1.807) is 0 Å². The van der Waals surface area contributed by atoms with Crippen LogP contribution in [-0.2, 0) is 17.4 Å². The summed E-state index contributed by atoms with van der Waals surface area (Å²) in [5.74, 6) is -0.211. The first-order valence-electron chi connectivity index (χ1n) is 3.50. The molecule has 72 valence electrons. The summed E-state index contributed by atoms with van der Waals surface area (Å²) in [5, 5.41) is 5.19. The molecule has 0 fully saturated rings. The number of hydrogen-bond acceptors (Lipinski definition) is 2. The van der Waals surface area contributed by atoms with Gasteiger partial charge in [0.05, 0.1) is 0 Å². The predicted octanol–water partition coefficient (Wildman–Crippen LogP) is 1.56. The fourth-order valence-corrected chi connectivity index (χ4v) is 0.866. The van der Waals surface area contributed by atoms with Crippen molar-refractivity contribution in [1.29, 1.82) is 0 Å². The first-order valence-corrected chi connectivity index (χ1v) is 3.50. The highest BCUT2D eigenvalue weighted by molar-refractivity contribution is 5.77. The predicted molar refractivity (Wildman–Crippen MR) is 38.0 cm³/mol. The maximum Gasteiger partial charge on any atom is 0.435 e. The van der Waals surface area contributed by atoms with Gasteiger partial charge in [-0.05, 0) is 13.0 Å². The van der Waals surface area contributed by atoms with Crippen LogP contribution in [0, 0.1) is 0 Å². The van der Waals surface area contributed by atoms with Crippen molar-refractivity contribution in [3.63, 3.8) is 0 Å². The number of ketones is 1. The second-order valence-electron chi connectivity index (χ2n) is 2.65. The molecule has 1 N–H and O–H groups in total. The van der Waals surface area contributed by atoms with Gasteiger partial charge in [-0.3, -0.25) is 9.89 Å². The smallest absolute Gasteiger partial charge is 0.300 e. The molecule has 1 rings (SSSR count). The number of nitrogens with one attached hydrogen (secondary N) is 1. The summed E-state index contributed by atoms with van der Waals surface area (Å²) in [4.78, 5) is 10.5. The quantitative estimate of drug-likeness (QED) is 0.772. The molecule has 6 heteroatoms. The van der Waals surface area contributed by atoms with Crippen LogP contribution in [0.3, 0.4) is 0 Å². The molecule has 1 aromatic rings. The number of nitrogens with zero attached hydrogens (tertiary/aromatic N) is 1. The SMILES string of the molecule is CC(=O)Cc1cc(C(F)(F)F)n[nH]1. The van der Waals surface area contributed by atoms with E-state index in [0.717, 1.165) is 6.07 Å². The molecule has 0 saturated carbocycles. The zero-order valence-electron chi connectivity index (χ0n) is 6.77. The van der Waals surface area contributed by atoms with Gasteiger partial charge in [-0.2, -0.15) is 18.3 Å². The molecule has 0 radical (unpaired) electrons. The first kappa shape index (κ1) is 9.76. The lowest BCUT2D eigenvalue weighted by Crippen LogP contribution is -2.04. The molecule has 0 atom stereocenters. The van der Waals surface area contributed by atoms with Crippen LogP contribution in [-0.4, -0.2) is 16.0 Å². The molecule has 0 aliphatic heterocycles. The minimum Gasteiger partial charge on any atom is -0.300 e. The summed E-state index contributed by atoms with van der Waals surface area (Å²) in [6, 6.07) is 0.835. The van der Waals surface area contributed by atoms with Gasteiger partial charge in [0.2, 0.25) is 0 Å². The van der Waals surface area contributed by atoms with Gasteiger partial charge < -0.3 is 0 Å². The van der Waals surface area contributed by atoms with Crippen LogP contribution < -0.4 is 0 Å². The Morgan fingerprint density at radius 3 is 2.62 bits per heavy atom. The zero-order valence-corrected chi connectivity index (χ0v) is 6.77. The molecular weight excluding hydrogens is 185 g/mol. The summed E-state index contributed by atoms with van der Waals surface area (Å²) in [6.45, 7) is 1.30. The average Bonchev–Trinajstić information content (AvgIpc) is 2.32. The fraction of sp³-hybridized carbons (Fsp3) is 0.429. The van der Waals surface area contributed by atoms with Crippen LogP contribution in [0.1, 0.15) is 18.3 Å². The lowest BCUT2D eigenvalue weighted by atomic mass is 10.2. The van der Waals surface area contributed by atoms with Crippen LogP contribution >= 0.6 is 0 Å². The highest BCUT2D eigenvalue weighted by Crippen LogP contribution is 2.27. The van der Waals surface area contributed by atoms with Crippen molar-refractivity contribution in [3.05, 3.63) is 17.5 Å². The normalized spacial score (nSPS) is 11.7. The molecular formula is C7H7F3N2O. The van der Waals surface area contributed by atoms with Gasteiger partial charge in [-0.1, -0.05) is 0 Å². The highest BCUT2D eigenvalue weighted by atomic mass is 19.4. The monoisotopic (exact) mass is 192 g/mol. The second kappa shape index (κ2) is 3.20. The maximum atomic E-state index is 12.0. The van der Waals surface area contributed by atoms with Crippen molar-refractivity contribution >= 4 is 5.78 Å². The Morgan fingerprint density at radius 2 is 2.23 bits per heavy atom. The van der Waals surface area contributed by atoms with Gasteiger partial charge in [0.1, 0.15) is 5.78 Å². The van der Waals surface area contributed by atoms with Gasteiger partial charge in [-0.25, -0.2) is 0 Å². The van der Waals surface area contributed by atoms with Crippen molar-refractivity contribution in [2.75, 3.05) is 0 Å². The number of H-pyrrole nitrogens is 1. The Kier molecular flexibility index (Phi) is 2.40. The number of Topliss-reactive ketones (excluding diaryl/α,β-unsaturated/α-hetero) is 1. The lowest BCUT2D eigenvalue weighted by Gasteiger charge is -1.98. The third kappa shape index (κ3) is 2.57. The van der Waals surface area contributed by atoms with E-state index in [-0.39, 0.29) is 17.9 Å². The molecule has 1 heterocycles. The average molecular weight is 192 g/mol. The molecule has 0 unspecified atom stereocenters. The van der Waals surface area contributed by atoms with E-state index >= 15 is 0 Å². The van der Waals surface area contributed by atoms with E-state index in [1.807, 2.05) is 0 Å². The molecule has 3 nitrogen and oxygen atoms in total. The van der Waals surface area contributed by atoms with E-state index in [4.69, 9.17) is 0 Å². The van der Waals surface area contributed by atoms with E-state index < -0.39 is 11.9 Å². The Hall–Kier alpha value is -1.33. The third-order valence-electron chi connectivity index (χ3n) is 1.36. The number of alkyl halides is 3. The van der Waals surface area contributed by atoms with Crippen molar-refractivity contribution in [2.45, 2.75) is 19.5 Å². The van der Waals surface area contributed by atoms with Gasteiger partial charge >= 0.3 is 6.18 Å². The second-order valence-corrected chi connectivity index (χ2v) is 2.65. The van der Waals surface area contributed by atoms with Crippen LogP contribution in [0.15, 0.2) is 6.07 Å². The number of hydrogen-bond donors (Lipinski definition) is 1. The molecule has 0 aliphatic carbocycles. The summed E-state index contributed by atoms with van der Waals surface area (Å²) >= 11 is 0. The molecule has 0 saturated heterocycles. The number of rotatable bonds is 2. The van der Waals surface area contributed by atoms with Gasteiger partial charge in [-0.15, -0.1) is 0 Å². The molecule has 0 aliphatic rings. The van der Waals surface area contributed by atoms with E-state index in [1.165, 1.54) is 6.92 Å². The molecule has 13 heavy (non-hydrogen) atoms. The first-order chi connectivity index (χ1) is 5.89. The van der Waals surface area contributed by atoms with Crippen LogP contribution in [0.4, 0.5) is 13.2 Å². The number of aromatic nitrogens is 2. The molecule has 0 aromatic carbocycles. The van der Waals surface area contributed by atoms with E-state index in [2.05, 4.69) is 10.2 Å². The van der Waals surface area contributed by atoms with Crippen molar-refractivity contribution in [3.8, 4) is 0 Å². The Balaban J connectivity index is 2.81. The van der Waals surface area contributed by atoms with Crippen molar-refractivity contribution in [2.24, 2.45) is 0 Å². The summed E-state index contributed by atoms with van der Waals surface area (Å²) in [5.41, 5.74) is -0.816. The summed E-state index contributed by atoms with van der Waals surface area (Å²) < 4.78 is 35.9. The van der Waals surface area contributed by atoms with Gasteiger partial charge in [0, 0.05) is 12.1 Å². The Bertz CT molecular complexity index is 316. The molecule has 0 spiro atoms. The van der Waals surface area contributed by atoms with Crippen LogP contribution in [0.5, 0.6) is 0 Å². The third-order valence-corrected chi connectivity index (χ3v) is 1.36. The standard InChI is InChI=1S/C7H7F3N2O/c1-4(13)2-5-3-6(12-11-5)7(8,9)10/h3H,2H2,1H3,(H,11,12). The zero-order chi connectivity index (χ0) is 10.1. The van der Waals surface area contributed by atoms with E-state index in [0.29, 0.717) is 0 Å². The minimum absolute atomic E-state index is 0.0525. The lowest BCUT2D eigenvalue weighted by molar-refractivity contribution is -0.141. The Labute approximate surface area is 71.9 Å². The Morgan fingerprint density at radius 1 is 1.62 bits per heavy atom. The number of halogens is 3. The van der Waals surface area contributed by atoms with Gasteiger partial charge in [0.15, 0.2) is 5.69 Å². The topological polar surface area (TPSA) is 45.8 Å². The number of aromatic amines is 1. The summed E-state index contributed by atoms with van der Waals surface area (Å²) in [6.07, 6.45) is -4.51. The largest absolute Gasteiger partial charge is 0.435 e. The van der Waals surface area contributed by atoms with Crippen molar-refractivity contribution in [1.82, 2.24) is 10.2 Å². The van der Waals surface area contributed by atoms with Crippen LogP contribution in [0.2, 0.25) is 0 Å². The van der Waals surface area contributed by atoms with Crippen molar-refractivity contribution < 1.29 is 18.0 Å². The maximum absolute atomic E-state index is 12.0. The molecule has 1 aromatic heterocycles. The highest BCUT2D eigenvalue weighted by Gasteiger charge is 2.33. The molecule has 0 amide bonds. The molecule has 0 bridgehead atoms. The number of carbonyl (C=O) groups is 1. The number of carbonyl (C=O) groups excluding carboxylic acids is 1. The summed E-state index contributed by atoms with van der Waals surface area (Å²) in [7, 11) is 0. The van der Waals surface area contributed by atoms with Crippen LogP contribution in [0.25, 0.3) is 0 Å². The van der Waals surface area contributed by atoms with E-state index in [9.17, 15) is 18.0 Å². The minimum atomic E-state index is -4.45. The van der Waals surface area contributed by atoms with Gasteiger partial charge in [0.25, 0.3) is 0 Å².